The fraction of sp³-hybridized carbons (Fsp3) is 0.400. The molecule has 1 aromatic carbocycles. The summed E-state index contributed by atoms with van der Waals surface area (Å²) in [6.07, 6.45) is 1.56. The van der Waals surface area contributed by atoms with Crippen molar-refractivity contribution in [3.63, 3.8) is 0 Å². The third-order valence-corrected chi connectivity index (χ3v) is 2.60. The van der Waals surface area contributed by atoms with Crippen LogP contribution in [0, 0.1) is 13.8 Å². The maximum Gasteiger partial charge on any atom is 0.342 e. The molecule has 104 valence electrons. The summed E-state index contributed by atoms with van der Waals surface area (Å²) < 4.78 is 10.5. The average Bonchev–Trinajstić information content (AvgIpc) is 2.33. The van der Waals surface area contributed by atoms with Gasteiger partial charge in [0.1, 0.15) is 17.1 Å². The van der Waals surface area contributed by atoms with Crippen LogP contribution < -0.4 is 4.74 Å². The van der Waals surface area contributed by atoms with Gasteiger partial charge >= 0.3 is 5.97 Å². The molecule has 0 aromatic heterocycles. The number of esters is 1. The van der Waals surface area contributed by atoms with Crippen molar-refractivity contribution in [3.8, 4) is 11.5 Å². The first kappa shape index (κ1) is 15.1. The van der Waals surface area contributed by atoms with Gasteiger partial charge in [-0.1, -0.05) is 0 Å². The van der Waals surface area contributed by atoms with Gasteiger partial charge in [-0.25, -0.2) is 4.79 Å². The van der Waals surface area contributed by atoms with E-state index in [0.717, 1.165) is 5.57 Å². The molecule has 0 saturated carbocycles. The molecule has 4 nitrogen and oxygen atoms in total. The number of carbonyl (C=O) groups is 1. The summed E-state index contributed by atoms with van der Waals surface area (Å²) in [6, 6.07) is 1.63. The van der Waals surface area contributed by atoms with Crippen LogP contribution in [0.25, 0.3) is 0 Å². The molecular weight excluding hydrogens is 244 g/mol. The lowest BCUT2D eigenvalue weighted by Crippen LogP contribution is -2.09. The molecule has 19 heavy (non-hydrogen) atoms. The first-order chi connectivity index (χ1) is 8.88. The maximum atomic E-state index is 12.0. The maximum absolute atomic E-state index is 12.0. The van der Waals surface area contributed by atoms with E-state index in [9.17, 15) is 9.90 Å². The van der Waals surface area contributed by atoms with Gasteiger partial charge in [0, 0.05) is 5.56 Å². The second kappa shape index (κ2) is 6.27. The molecule has 0 radical (unpaired) electrons. The normalized spacial score (nSPS) is 9.95. The molecule has 1 rings (SSSR count). The number of ether oxygens (including phenoxy) is 2. The lowest BCUT2D eigenvalue weighted by Gasteiger charge is -2.14. The minimum absolute atomic E-state index is 0.0904. The Balaban J connectivity index is 3.34. The molecule has 0 fully saturated rings. The number of rotatable bonds is 4. The van der Waals surface area contributed by atoms with Crippen molar-refractivity contribution in [3.05, 3.63) is 34.6 Å². The van der Waals surface area contributed by atoms with E-state index in [4.69, 9.17) is 9.47 Å². The zero-order valence-corrected chi connectivity index (χ0v) is 12.0. The van der Waals surface area contributed by atoms with Crippen LogP contribution in [0.15, 0.2) is 17.9 Å². The molecule has 0 atom stereocenters. The van der Waals surface area contributed by atoms with E-state index in [1.54, 1.807) is 33.1 Å². The van der Waals surface area contributed by atoms with Crippen molar-refractivity contribution in [1.29, 1.82) is 0 Å². The summed E-state index contributed by atoms with van der Waals surface area (Å²) in [5, 5.41) is 9.93. The highest BCUT2D eigenvalue weighted by atomic mass is 16.5. The Bertz CT molecular complexity index is 511. The average molecular weight is 264 g/mol. The van der Waals surface area contributed by atoms with Crippen LogP contribution in [-0.4, -0.2) is 17.7 Å². The molecule has 0 bridgehead atoms. The van der Waals surface area contributed by atoms with E-state index in [0.29, 0.717) is 16.9 Å². The van der Waals surface area contributed by atoms with E-state index in [1.807, 2.05) is 13.8 Å². The first-order valence-electron chi connectivity index (χ1n) is 6.18. The summed E-state index contributed by atoms with van der Waals surface area (Å²) >= 11 is 0. The molecular formula is C15H20O4. The third-order valence-electron chi connectivity index (χ3n) is 2.60. The SMILES string of the molecule is CCOC(=O)c1c(OC=C(C)C)cc(C)c(O)c1C. The zero-order chi connectivity index (χ0) is 14.6. The Labute approximate surface area is 113 Å². The van der Waals surface area contributed by atoms with Gasteiger partial charge in [0.05, 0.1) is 12.9 Å². The van der Waals surface area contributed by atoms with E-state index < -0.39 is 5.97 Å². The Morgan fingerprint density at radius 3 is 2.53 bits per heavy atom. The van der Waals surface area contributed by atoms with Crippen LogP contribution in [-0.2, 0) is 4.74 Å². The molecule has 0 heterocycles. The Hall–Kier alpha value is -1.97. The van der Waals surface area contributed by atoms with Crippen molar-refractivity contribution in [2.75, 3.05) is 6.61 Å². The largest absolute Gasteiger partial charge is 0.507 e. The molecule has 0 spiro atoms. The Morgan fingerprint density at radius 2 is 2.00 bits per heavy atom. The highest BCUT2D eigenvalue weighted by Gasteiger charge is 2.21. The number of phenols is 1. The van der Waals surface area contributed by atoms with Gasteiger partial charge in [0.15, 0.2) is 0 Å². The van der Waals surface area contributed by atoms with Crippen molar-refractivity contribution in [2.24, 2.45) is 0 Å². The van der Waals surface area contributed by atoms with Gasteiger partial charge < -0.3 is 14.6 Å². The van der Waals surface area contributed by atoms with Crippen molar-refractivity contribution < 1.29 is 19.4 Å². The summed E-state index contributed by atoms with van der Waals surface area (Å²) in [4.78, 5) is 12.0. The summed E-state index contributed by atoms with van der Waals surface area (Å²) in [7, 11) is 0. The van der Waals surface area contributed by atoms with Crippen LogP contribution in [0.4, 0.5) is 0 Å². The lowest BCUT2D eigenvalue weighted by atomic mass is 10.0. The number of hydrogen-bond donors (Lipinski definition) is 1. The molecule has 0 aliphatic carbocycles. The molecule has 4 heteroatoms. The third kappa shape index (κ3) is 3.50. The molecule has 0 saturated heterocycles. The van der Waals surface area contributed by atoms with Crippen LogP contribution in [0.3, 0.4) is 0 Å². The molecule has 0 unspecified atom stereocenters. The molecule has 1 N–H and O–H groups in total. The second-order valence-corrected chi connectivity index (χ2v) is 4.57. The number of aromatic hydroxyl groups is 1. The number of benzene rings is 1. The Kier molecular flexibility index (Phi) is 4.98. The zero-order valence-electron chi connectivity index (χ0n) is 12.0. The van der Waals surface area contributed by atoms with Crippen LogP contribution in [0.2, 0.25) is 0 Å². The first-order valence-corrected chi connectivity index (χ1v) is 6.18. The smallest absolute Gasteiger partial charge is 0.342 e. The Morgan fingerprint density at radius 1 is 1.37 bits per heavy atom. The molecule has 0 aliphatic rings. The van der Waals surface area contributed by atoms with E-state index in [1.165, 1.54) is 0 Å². The van der Waals surface area contributed by atoms with Gasteiger partial charge in [0.2, 0.25) is 0 Å². The standard InChI is InChI=1S/C15H20O4/c1-6-18-15(17)13-11(5)14(16)10(4)7-12(13)19-8-9(2)3/h7-8,16H,6H2,1-5H3. The van der Waals surface area contributed by atoms with Crippen LogP contribution in [0.5, 0.6) is 11.5 Å². The predicted octanol–water partition coefficient (Wildman–Crippen LogP) is 3.49. The summed E-state index contributed by atoms with van der Waals surface area (Å²) in [6.45, 7) is 9.22. The molecule has 1 aromatic rings. The number of phenolic OH excluding ortho intramolecular Hbond substituents is 1. The van der Waals surface area contributed by atoms with Gasteiger partial charge in [-0.3, -0.25) is 0 Å². The van der Waals surface area contributed by atoms with Crippen LogP contribution in [0.1, 0.15) is 42.3 Å². The lowest BCUT2D eigenvalue weighted by molar-refractivity contribution is 0.0522. The highest BCUT2D eigenvalue weighted by molar-refractivity contribution is 5.95. The molecule has 0 aliphatic heterocycles. The van der Waals surface area contributed by atoms with Gasteiger partial charge in [-0.15, -0.1) is 0 Å². The topological polar surface area (TPSA) is 55.8 Å². The molecule has 0 amide bonds. The fourth-order valence-corrected chi connectivity index (χ4v) is 1.67. The summed E-state index contributed by atoms with van der Waals surface area (Å²) in [5.41, 5.74) is 2.36. The van der Waals surface area contributed by atoms with Gasteiger partial charge in [0.25, 0.3) is 0 Å². The number of aryl methyl sites for hydroxylation is 1. The van der Waals surface area contributed by atoms with E-state index in [-0.39, 0.29) is 17.9 Å². The van der Waals surface area contributed by atoms with Crippen LogP contribution >= 0.6 is 0 Å². The summed E-state index contributed by atoms with van der Waals surface area (Å²) in [5.74, 6) is -0.00694. The van der Waals surface area contributed by atoms with E-state index >= 15 is 0 Å². The van der Waals surface area contributed by atoms with Crippen molar-refractivity contribution in [1.82, 2.24) is 0 Å². The quantitative estimate of drug-likeness (QED) is 0.668. The van der Waals surface area contributed by atoms with Gasteiger partial charge in [-0.2, -0.15) is 0 Å². The monoisotopic (exact) mass is 264 g/mol. The minimum atomic E-state index is -0.493. The fourth-order valence-electron chi connectivity index (χ4n) is 1.67. The number of hydrogen-bond acceptors (Lipinski definition) is 4. The second-order valence-electron chi connectivity index (χ2n) is 4.57. The minimum Gasteiger partial charge on any atom is -0.507 e. The van der Waals surface area contributed by atoms with Crippen molar-refractivity contribution >= 4 is 5.97 Å². The van der Waals surface area contributed by atoms with E-state index in [2.05, 4.69) is 0 Å². The van der Waals surface area contributed by atoms with Crippen molar-refractivity contribution in [2.45, 2.75) is 34.6 Å². The number of carbonyl (C=O) groups excluding carboxylic acids is 1. The predicted molar refractivity (Wildman–Crippen MR) is 73.6 cm³/mol. The highest BCUT2D eigenvalue weighted by Crippen LogP contribution is 2.33. The van der Waals surface area contributed by atoms with Gasteiger partial charge in [-0.05, 0) is 51.8 Å². The number of allylic oxidation sites excluding steroid dienone is 1.